The van der Waals surface area contributed by atoms with Crippen LogP contribution in [-0.4, -0.2) is 33.5 Å². The first kappa shape index (κ1) is 12.3. The van der Waals surface area contributed by atoms with Gasteiger partial charge in [0.05, 0.1) is 0 Å². The number of hydrogen-bond acceptors (Lipinski definition) is 3. The van der Waals surface area contributed by atoms with Crippen LogP contribution in [-0.2, 0) is 4.74 Å². The van der Waals surface area contributed by atoms with Crippen molar-refractivity contribution in [2.75, 3.05) is 0 Å². The molecular formula is C11H21NO3. The summed E-state index contributed by atoms with van der Waals surface area (Å²) in [6, 6.07) is 0. The molecule has 15 heavy (non-hydrogen) atoms. The average molecular weight is 215 g/mol. The van der Waals surface area contributed by atoms with Gasteiger partial charge in [-0.15, -0.1) is 0 Å². The number of carbonyl (C=O) groups is 1. The highest BCUT2D eigenvalue weighted by atomic mass is 16.6. The van der Waals surface area contributed by atoms with E-state index in [0.717, 1.165) is 6.42 Å². The first-order valence-corrected chi connectivity index (χ1v) is 5.34. The van der Waals surface area contributed by atoms with Gasteiger partial charge < -0.3 is 9.84 Å². The van der Waals surface area contributed by atoms with Gasteiger partial charge in [-0.3, -0.25) is 4.90 Å². The monoisotopic (exact) mass is 215 g/mol. The Morgan fingerprint density at radius 2 is 2.00 bits per heavy atom. The number of likely N-dealkylation sites (tertiary alicyclic amines) is 1. The van der Waals surface area contributed by atoms with Crippen molar-refractivity contribution in [3.05, 3.63) is 0 Å². The maximum Gasteiger partial charge on any atom is 0.412 e. The SMILES string of the molecule is CC(C)(C)OC(=O)N1C(O)CCC1(C)C. The average Bonchev–Trinajstić information content (AvgIpc) is 2.21. The summed E-state index contributed by atoms with van der Waals surface area (Å²) in [5.41, 5.74) is -0.836. The van der Waals surface area contributed by atoms with Crippen molar-refractivity contribution in [1.82, 2.24) is 4.90 Å². The number of aliphatic hydroxyl groups is 1. The van der Waals surface area contributed by atoms with Gasteiger partial charge in [-0.05, 0) is 47.5 Å². The van der Waals surface area contributed by atoms with Gasteiger partial charge in [-0.1, -0.05) is 0 Å². The molecule has 1 atom stereocenters. The first-order chi connectivity index (χ1) is 6.63. The maximum absolute atomic E-state index is 11.8. The number of hydrogen-bond donors (Lipinski definition) is 1. The van der Waals surface area contributed by atoms with Crippen molar-refractivity contribution in [2.24, 2.45) is 0 Å². The van der Waals surface area contributed by atoms with Crippen LogP contribution in [0.3, 0.4) is 0 Å². The smallest absolute Gasteiger partial charge is 0.412 e. The Morgan fingerprint density at radius 3 is 2.33 bits per heavy atom. The summed E-state index contributed by atoms with van der Waals surface area (Å²) in [6.45, 7) is 9.33. The number of nitrogens with zero attached hydrogens (tertiary/aromatic N) is 1. The Labute approximate surface area is 91.2 Å². The van der Waals surface area contributed by atoms with Crippen molar-refractivity contribution in [3.63, 3.8) is 0 Å². The molecule has 0 spiro atoms. The van der Waals surface area contributed by atoms with E-state index in [1.807, 2.05) is 34.6 Å². The fraction of sp³-hybridized carbons (Fsp3) is 0.909. The van der Waals surface area contributed by atoms with Crippen LogP contribution in [0.1, 0.15) is 47.5 Å². The highest BCUT2D eigenvalue weighted by Gasteiger charge is 2.43. The predicted octanol–water partition coefficient (Wildman–Crippen LogP) is 2.11. The zero-order valence-electron chi connectivity index (χ0n) is 10.2. The van der Waals surface area contributed by atoms with Crippen LogP contribution in [0.25, 0.3) is 0 Å². The molecule has 1 saturated heterocycles. The van der Waals surface area contributed by atoms with Crippen LogP contribution in [0, 0.1) is 0 Å². The van der Waals surface area contributed by atoms with E-state index in [1.54, 1.807) is 0 Å². The number of rotatable bonds is 0. The molecule has 1 heterocycles. The molecule has 1 rings (SSSR count). The molecular weight excluding hydrogens is 194 g/mol. The van der Waals surface area contributed by atoms with Crippen LogP contribution < -0.4 is 0 Å². The summed E-state index contributed by atoms with van der Waals surface area (Å²) < 4.78 is 5.25. The third-order valence-electron chi connectivity index (χ3n) is 2.55. The summed E-state index contributed by atoms with van der Waals surface area (Å²) in [6.07, 6.45) is 0.270. The molecule has 1 aliphatic heterocycles. The number of ether oxygens (including phenoxy) is 1. The molecule has 0 bridgehead atoms. The van der Waals surface area contributed by atoms with E-state index in [9.17, 15) is 9.90 Å². The van der Waals surface area contributed by atoms with E-state index in [1.165, 1.54) is 4.90 Å². The van der Waals surface area contributed by atoms with Crippen LogP contribution in [0.4, 0.5) is 4.79 Å². The highest BCUT2D eigenvalue weighted by Crippen LogP contribution is 2.33. The molecule has 1 unspecified atom stereocenters. The second kappa shape index (κ2) is 3.67. The first-order valence-electron chi connectivity index (χ1n) is 5.34. The Hall–Kier alpha value is -0.770. The molecule has 1 fully saturated rings. The van der Waals surface area contributed by atoms with Crippen LogP contribution in [0.15, 0.2) is 0 Å². The molecule has 0 saturated carbocycles. The molecule has 4 heteroatoms. The minimum Gasteiger partial charge on any atom is -0.444 e. The lowest BCUT2D eigenvalue weighted by Crippen LogP contribution is -2.49. The third-order valence-corrected chi connectivity index (χ3v) is 2.55. The quantitative estimate of drug-likeness (QED) is 0.673. The lowest BCUT2D eigenvalue weighted by molar-refractivity contribution is -0.0380. The summed E-state index contributed by atoms with van der Waals surface area (Å²) in [7, 11) is 0. The van der Waals surface area contributed by atoms with E-state index in [4.69, 9.17) is 4.74 Å². The van der Waals surface area contributed by atoms with E-state index in [0.29, 0.717) is 6.42 Å². The molecule has 0 aromatic rings. The van der Waals surface area contributed by atoms with E-state index in [2.05, 4.69) is 0 Å². The number of amides is 1. The van der Waals surface area contributed by atoms with Crippen molar-refractivity contribution in [3.8, 4) is 0 Å². The van der Waals surface area contributed by atoms with Crippen molar-refractivity contribution in [1.29, 1.82) is 0 Å². The fourth-order valence-electron chi connectivity index (χ4n) is 1.82. The van der Waals surface area contributed by atoms with Crippen LogP contribution in [0.5, 0.6) is 0 Å². The van der Waals surface area contributed by atoms with Gasteiger partial charge in [-0.2, -0.15) is 0 Å². The van der Waals surface area contributed by atoms with Crippen LogP contribution in [0.2, 0.25) is 0 Å². The minimum atomic E-state index is -0.713. The molecule has 88 valence electrons. The van der Waals surface area contributed by atoms with E-state index < -0.39 is 17.9 Å². The molecule has 0 aromatic heterocycles. The molecule has 1 amide bonds. The van der Waals surface area contributed by atoms with E-state index in [-0.39, 0.29) is 5.54 Å². The van der Waals surface area contributed by atoms with E-state index >= 15 is 0 Å². The van der Waals surface area contributed by atoms with Crippen LogP contribution >= 0.6 is 0 Å². The second-order valence-corrected chi connectivity index (χ2v) is 5.68. The summed E-state index contributed by atoms with van der Waals surface area (Å²) >= 11 is 0. The number of aliphatic hydroxyl groups excluding tert-OH is 1. The Bertz CT molecular complexity index is 255. The molecule has 4 nitrogen and oxygen atoms in total. The minimum absolute atomic E-state index is 0.318. The summed E-state index contributed by atoms with van der Waals surface area (Å²) in [5.74, 6) is 0. The van der Waals surface area contributed by atoms with Crippen molar-refractivity contribution < 1.29 is 14.6 Å². The Balaban J connectivity index is 2.74. The number of carbonyl (C=O) groups excluding carboxylic acids is 1. The summed E-state index contributed by atoms with van der Waals surface area (Å²) in [4.78, 5) is 13.3. The molecule has 1 N–H and O–H groups in total. The van der Waals surface area contributed by atoms with Gasteiger partial charge in [0.25, 0.3) is 0 Å². The molecule has 0 radical (unpaired) electrons. The predicted molar refractivity (Wildman–Crippen MR) is 57.4 cm³/mol. The Morgan fingerprint density at radius 1 is 1.47 bits per heavy atom. The Kier molecular flexibility index (Phi) is 3.01. The largest absolute Gasteiger partial charge is 0.444 e. The second-order valence-electron chi connectivity index (χ2n) is 5.68. The van der Waals surface area contributed by atoms with Gasteiger partial charge in [0, 0.05) is 5.54 Å². The van der Waals surface area contributed by atoms with Crippen molar-refractivity contribution >= 4 is 6.09 Å². The van der Waals surface area contributed by atoms with Gasteiger partial charge in [0.2, 0.25) is 0 Å². The van der Waals surface area contributed by atoms with Crippen molar-refractivity contribution in [2.45, 2.75) is 64.8 Å². The zero-order chi connectivity index (χ0) is 11.9. The zero-order valence-corrected chi connectivity index (χ0v) is 10.2. The summed E-state index contributed by atoms with van der Waals surface area (Å²) in [5, 5.41) is 9.72. The van der Waals surface area contributed by atoms with Gasteiger partial charge in [0.1, 0.15) is 11.8 Å². The maximum atomic E-state index is 11.8. The molecule has 0 aromatic carbocycles. The molecule has 0 aliphatic carbocycles. The topological polar surface area (TPSA) is 49.8 Å². The lowest BCUT2D eigenvalue weighted by atomic mass is 10.0. The fourth-order valence-corrected chi connectivity index (χ4v) is 1.82. The third kappa shape index (κ3) is 2.84. The van der Waals surface area contributed by atoms with Gasteiger partial charge in [-0.25, -0.2) is 4.79 Å². The standard InChI is InChI=1S/C11H21NO3/c1-10(2,3)15-9(14)12-8(13)6-7-11(12,4)5/h8,13H,6-7H2,1-5H3. The van der Waals surface area contributed by atoms with Gasteiger partial charge >= 0.3 is 6.09 Å². The lowest BCUT2D eigenvalue weighted by Gasteiger charge is -2.35. The highest BCUT2D eigenvalue weighted by molar-refractivity contribution is 5.69. The van der Waals surface area contributed by atoms with Gasteiger partial charge in [0.15, 0.2) is 0 Å². The normalized spacial score (nSPS) is 25.5. The molecule has 1 aliphatic rings.